The molecule has 6 heteroatoms. The van der Waals surface area contributed by atoms with Crippen molar-refractivity contribution in [1.29, 1.82) is 0 Å². The Morgan fingerprint density at radius 3 is 2.75 bits per heavy atom. The minimum Gasteiger partial charge on any atom is -0.488 e. The van der Waals surface area contributed by atoms with Gasteiger partial charge in [-0.05, 0) is 37.1 Å². The van der Waals surface area contributed by atoms with Crippen LogP contribution >= 0.6 is 0 Å². The number of hydrogen-bond donors (Lipinski definition) is 2. The molecule has 24 heavy (non-hydrogen) atoms. The number of nitrogens with one attached hydrogen (secondary N) is 1. The van der Waals surface area contributed by atoms with Gasteiger partial charge in [-0.25, -0.2) is 4.39 Å². The number of rotatable bonds is 4. The molecule has 0 saturated heterocycles. The molecule has 1 unspecified atom stereocenters. The summed E-state index contributed by atoms with van der Waals surface area (Å²) in [6, 6.07) is 7.20. The highest BCUT2D eigenvalue weighted by Gasteiger charge is 2.26. The van der Waals surface area contributed by atoms with Crippen LogP contribution < -0.4 is 15.8 Å². The molecule has 1 saturated carbocycles. The molecular weight excluding hydrogens is 307 g/mol. The van der Waals surface area contributed by atoms with Gasteiger partial charge in [-0.1, -0.05) is 12.8 Å². The van der Waals surface area contributed by atoms with Crippen LogP contribution in [0.15, 0.2) is 24.3 Å². The van der Waals surface area contributed by atoms with Crippen molar-refractivity contribution in [2.75, 3.05) is 11.9 Å². The van der Waals surface area contributed by atoms with E-state index in [1.807, 2.05) is 12.1 Å². The monoisotopic (exact) mass is 328 g/mol. The Hall–Kier alpha value is -2.21. The van der Waals surface area contributed by atoms with E-state index in [1.54, 1.807) is 0 Å². The van der Waals surface area contributed by atoms with E-state index in [4.69, 9.17) is 10.5 Å². The number of halogens is 1. The van der Waals surface area contributed by atoms with E-state index in [2.05, 4.69) is 15.5 Å². The molecule has 0 amide bonds. The predicted octanol–water partition coefficient (Wildman–Crippen LogP) is 2.90. The summed E-state index contributed by atoms with van der Waals surface area (Å²) in [6.45, 7) is 0.408. The minimum absolute atomic E-state index is 0.100. The number of aromatic nitrogens is 2. The van der Waals surface area contributed by atoms with Crippen LogP contribution in [0.2, 0.25) is 0 Å². The molecule has 0 spiro atoms. The summed E-state index contributed by atoms with van der Waals surface area (Å²) in [4.78, 5) is 0. The lowest BCUT2D eigenvalue weighted by atomic mass is 10.0. The molecule has 4 rings (SSSR count). The molecule has 0 bridgehead atoms. The van der Waals surface area contributed by atoms with Gasteiger partial charge in [0.15, 0.2) is 0 Å². The molecule has 2 heterocycles. The van der Waals surface area contributed by atoms with E-state index in [-0.39, 0.29) is 11.9 Å². The highest BCUT2D eigenvalue weighted by molar-refractivity contribution is 5.70. The topological polar surface area (TPSA) is 73.1 Å². The van der Waals surface area contributed by atoms with Gasteiger partial charge in [0.2, 0.25) is 0 Å². The number of benzene rings is 1. The highest BCUT2D eigenvalue weighted by Crippen LogP contribution is 2.38. The Kier molecular flexibility index (Phi) is 4.06. The maximum absolute atomic E-state index is 13.9. The number of fused-ring (bicyclic) bond motifs is 1. The lowest BCUT2D eigenvalue weighted by molar-refractivity contribution is 0.242. The third kappa shape index (κ3) is 2.94. The third-order valence-electron chi connectivity index (χ3n) is 4.77. The van der Waals surface area contributed by atoms with Gasteiger partial charge in [-0.3, -0.25) is 0 Å². The molecule has 1 aromatic carbocycles. The summed E-state index contributed by atoms with van der Waals surface area (Å²) in [5, 5.41) is 11.9. The maximum Gasteiger partial charge on any atom is 0.148 e. The van der Waals surface area contributed by atoms with Crippen LogP contribution in [-0.4, -0.2) is 28.9 Å². The number of hydrogen-bond acceptors (Lipinski definition) is 5. The van der Waals surface area contributed by atoms with Gasteiger partial charge >= 0.3 is 0 Å². The fourth-order valence-corrected chi connectivity index (χ4v) is 3.55. The standard InChI is InChI=1S/C18H21FN4O/c19-12-7-11-8-14(10-20)24-18(11)15(9-12)16-5-6-17(23-22-16)21-13-3-1-2-4-13/h5-7,9,13-14H,1-4,8,10,20H2,(H,21,23). The molecule has 1 aromatic heterocycles. The van der Waals surface area contributed by atoms with E-state index in [0.717, 1.165) is 11.4 Å². The van der Waals surface area contributed by atoms with Crippen molar-refractivity contribution < 1.29 is 9.13 Å². The predicted molar refractivity (Wildman–Crippen MR) is 90.5 cm³/mol. The van der Waals surface area contributed by atoms with Gasteiger partial charge in [0, 0.05) is 30.1 Å². The average Bonchev–Trinajstić information content (AvgIpc) is 3.24. The van der Waals surface area contributed by atoms with Gasteiger partial charge in [-0.15, -0.1) is 10.2 Å². The van der Waals surface area contributed by atoms with Gasteiger partial charge in [-0.2, -0.15) is 0 Å². The van der Waals surface area contributed by atoms with Crippen LogP contribution in [0.4, 0.5) is 10.2 Å². The number of anilines is 1. The van der Waals surface area contributed by atoms with E-state index < -0.39 is 0 Å². The van der Waals surface area contributed by atoms with Gasteiger partial charge < -0.3 is 15.8 Å². The molecule has 126 valence electrons. The average molecular weight is 328 g/mol. The second kappa shape index (κ2) is 6.36. The summed E-state index contributed by atoms with van der Waals surface area (Å²) >= 11 is 0. The van der Waals surface area contributed by atoms with Crippen molar-refractivity contribution in [3.63, 3.8) is 0 Å². The van der Waals surface area contributed by atoms with Crippen molar-refractivity contribution in [2.24, 2.45) is 5.73 Å². The third-order valence-corrected chi connectivity index (χ3v) is 4.77. The number of nitrogens with zero attached hydrogens (tertiary/aromatic N) is 2. The first-order valence-corrected chi connectivity index (χ1v) is 8.52. The second-order valence-electron chi connectivity index (χ2n) is 6.55. The van der Waals surface area contributed by atoms with Crippen LogP contribution in [0.3, 0.4) is 0 Å². The molecule has 1 aliphatic heterocycles. The molecular formula is C18H21FN4O. The first-order chi connectivity index (χ1) is 11.7. The highest BCUT2D eigenvalue weighted by atomic mass is 19.1. The zero-order valence-electron chi connectivity index (χ0n) is 13.5. The van der Waals surface area contributed by atoms with Crippen LogP contribution in [-0.2, 0) is 6.42 Å². The van der Waals surface area contributed by atoms with Crippen molar-refractivity contribution in [1.82, 2.24) is 10.2 Å². The van der Waals surface area contributed by atoms with Crippen molar-refractivity contribution in [3.8, 4) is 17.0 Å². The van der Waals surface area contributed by atoms with Crippen LogP contribution in [0.25, 0.3) is 11.3 Å². The molecule has 1 atom stereocenters. The Morgan fingerprint density at radius 2 is 2.04 bits per heavy atom. The summed E-state index contributed by atoms with van der Waals surface area (Å²) in [5.41, 5.74) is 7.78. The van der Waals surface area contributed by atoms with Crippen molar-refractivity contribution in [3.05, 3.63) is 35.6 Å². The summed E-state index contributed by atoms with van der Waals surface area (Å²) in [7, 11) is 0. The zero-order chi connectivity index (χ0) is 16.5. The van der Waals surface area contributed by atoms with Crippen LogP contribution in [0.1, 0.15) is 31.2 Å². The molecule has 2 aliphatic rings. The van der Waals surface area contributed by atoms with E-state index in [0.29, 0.717) is 36.0 Å². The maximum atomic E-state index is 13.9. The van der Waals surface area contributed by atoms with Crippen LogP contribution in [0, 0.1) is 5.82 Å². The first kappa shape index (κ1) is 15.3. The lowest BCUT2D eigenvalue weighted by Gasteiger charge is -2.13. The fourth-order valence-electron chi connectivity index (χ4n) is 3.55. The van der Waals surface area contributed by atoms with Gasteiger partial charge in [0.05, 0.1) is 5.69 Å². The summed E-state index contributed by atoms with van der Waals surface area (Å²) < 4.78 is 19.8. The van der Waals surface area contributed by atoms with Gasteiger partial charge in [0.1, 0.15) is 23.5 Å². The first-order valence-electron chi connectivity index (χ1n) is 8.52. The second-order valence-corrected chi connectivity index (χ2v) is 6.55. The van der Waals surface area contributed by atoms with E-state index >= 15 is 0 Å². The molecule has 1 fully saturated rings. The number of ether oxygens (including phenoxy) is 1. The Labute approximate surface area is 140 Å². The Balaban J connectivity index is 1.60. The summed E-state index contributed by atoms with van der Waals surface area (Å²) in [5.74, 6) is 1.15. The van der Waals surface area contributed by atoms with E-state index in [9.17, 15) is 4.39 Å². The fraction of sp³-hybridized carbons (Fsp3) is 0.444. The van der Waals surface area contributed by atoms with E-state index in [1.165, 1.54) is 37.8 Å². The molecule has 0 radical (unpaired) electrons. The minimum atomic E-state index is -0.292. The Morgan fingerprint density at radius 1 is 1.21 bits per heavy atom. The molecule has 2 aromatic rings. The normalized spacial score (nSPS) is 20.0. The SMILES string of the molecule is NCC1Cc2cc(F)cc(-c3ccc(NC4CCCC4)nn3)c2O1. The molecule has 1 aliphatic carbocycles. The van der Waals surface area contributed by atoms with Crippen LogP contribution in [0.5, 0.6) is 5.75 Å². The van der Waals surface area contributed by atoms with Crippen molar-refractivity contribution >= 4 is 5.82 Å². The quantitative estimate of drug-likeness (QED) is 0.903. The lowest BCUT2D eigenvalue weighted by Crippen LogP contribution is -2.24. The number of nitrogens with two attached hydrogens (primary N) is 1. The largest absolute Gasteiger partial charge is 0.488 e. The smallest absolute Gasteiger partial charge is 0.148 e. The Bertz CT molecular complexity index is 729. The summed E-state index contributed by atoms with van der Waals surface area (Å²) in [6.07, 6.45) is 5.41. The zero-order valence-corrected chi connectivity index (χ0v) is 13.5. The van der Waals surface area contributed by atoms with Gasteiger partial charge in [0.25, 0.3) is 0 Å². The molecule has 3 N–H and O–H groups in total. The van der Waals surface area contributed by atoms with Crippen molar-refractivity contribution in [2.45, 2.75) is 44.2 Å². The molecule has 5 nitrogen and oxygen atoms in total.